The van der Waals surface area contributed by atoms with Crippen molar-refractivity contribution < 1.29 is 9.53 Å². The molecule has 1 amide bonds. The van der Waals surface area contributed by atoms with Gasteiger partial charge in [0, 0.05) is 13.1 Å². The number of likely N-dealkylation sites (tertiary alicyclic amines) is 1. The second kappa shape index (κ2) is 7.98. The number of para-hydroxylation sites is 1. The average Bonchev–Trinajstić information content (AvgIpc) is 3.11. The van der Waals surface area contributed by atoms with Gasteiger partial charge >= 0.3 is 0 Å². The summed E-state index contributed by atoms with van der Waals surface area (Å²) >= 11 is 1.62. The monoisotopic (exact) mass is 366 g/mol. The Kier molecular flexibility index (Phi) is 5.27. The van der Waals surface area contributed by atoms with Crippen LogP contribution in [0.25, 0.3) is 10.2 Å². The first-order valence-electron chi connectivity index (χ1n) is 9.04. The highest BCUT2D eigenvalue weighted by Gasteiger charge is 2.23. The van der Waals surface area contributed by atoms with Crippen LogP contribution in [-0.2, 0) is 16.1 Å². The van der Waals surface area contributed by atoms with E-state index in [0.717, 1.165) is 41.2 Å². The van der Waals surface area contributed by atoms with Gasteiger partial charge < -0.3 is 9.64 Å². The van der Waals surface area contributed by atoms with E-state index in [9.17, 15) is 4.79 Å². The molecule has 4 nitrogen and oxygen atoms in total. The molecule has 5 heteroatoms. The number of carbonyl (C=O) groups is 1. The van der Waals surface area contributed by atoms with Crippen LogP contribution in [0.5, 0.6) is 0 Å². The fourth-order valence-electron chi connectivity index (χ4n) is 3.49. The van der Waals surface area contributed by atoms with Gasteiger partial charge in [0.2, 0.25) is 5.91 Å². The van der Waals surface area contributed by atoms with Gasteiger partial charge in [0.1, 0.15) is 11.6 Å². The lowest BCUT2D eigenvalue weighted by Crippen LogP contribution is -2.39. The Hall–Kier alpha value is -2.24. The average molecular weight is 366 g/mol. The minimum absolute atomic E-state index is 0.0811. The van der Waals surface area contributed by atoms with Crippen molar-refractivity contribution in [3.63, 3.8) is 0 Å². The van der Waals surface area contributed by atoms with Crippen LogP contribution in [0.3, 0.4) is 0 Å². The zero-order chi connectivity index (χ0) is 17.8. The molecule has 26 heavy (non-hydrogen) atoms. The van der Waals surface area contributed by atoms with Crippen molar-refractivity contribution in [1.29, 1.82) is 0 Å². The Morgan fingerprint density at radius 2 is 1.81 bits per heavy atom. The maximum atomic E-state index is 12.4. The molecule has 134 valence electrons. The Morgan fingerprint density at radius 3 is 2.58 bits per heavy atom. The standard InChI is InChI=1S/C21H22N2O2S/c24-21(15-25-14-20-22-18-8-4-5-9-19(18)26-20)23-12-10-17(11-13-23)16-6-2-1-3-7-16/h1-9,17H,10-15H2. The lowest BCUT2D eigenvalue weighted by molar-refractivity contribution is -0.137. The quantitative estimate of drug-likeness (QED) is 0.679. The summed E-state index contributed by atoms with van der Waals surface area (Å²) in [5.41, 5.74) is 2.37. The number of rotatable bonds is 5. The molecule has 0 aliphatic carbocycles. The maximum absolute atomic E-state index is 12.4. The Bertz CT molecular complexity index is 837. The highest BCUT2D eigenvalue weighted by Crippen LogP contribution is 2.28. The third kappa shape index (κ3) is 3.94. The largest absolute Gasteiger partial charge is 0.364 e. The molecule has 0 radical (unpaired) electrons. The van der Waals surface area contributed by atoms with Crippen molar-refractivity contribution in [2.24, 2.45) is 0 Å². The van der Waals surface area contributed by atoms with E-state index in [1.54, 1.807) is 11.3 Å². The molecule has 0 N–H and O–H groups in total. The number of benzene rings is 2. The van der Waals surface area contributed by atoms with Gasteiger partial charge in [-0.2, -0.15) is 0 Å². The first kappa shape index (κ1) is 17.2. The molecular formula is C21H22N2O2S. The minimum Gasteiger partial charge on any atom is -0.364 e. The molecule has 0 spiro atoms. The van der Waals surface area contributed by atoms with Gasteiger partial charge in [-0.1, -0.05) is 42.5 Å². The molecule has 0 unspecified atom stereocenters. The van der Waals surface area contributed by atoms with Gasteiger partial charge in [0.15, 0.2) is 0 Å². The number of carbonyl (C=O) groups excluding carboxylic acids is 1. The molecule has 1 fully saturated rings. The highest BCUT2D eigenvalue weighted by molar-refractivity contribution is 7.18. The number of ether oxygens (including phenoxy) is 1. The molecule has 0 saturated carbocycles. The molecule has 1 saturated heterocycles. The summed E-state index contributed by atoms with van der Waals surface area (Å²) in [5, 5.41) is 0.918. The summed E-state index contributed by atoms with van der Waals surface area (Å²) in [4.78, 5) is 18.9. The van der Waals surface area contributed by atoms with E-state index < -0.39 is 0 Å². The Labute approximate surface area is 157 Å². The normalized spacial score (nSPS) is 15.5. The summed E-state index contributed by atoms with van der Waals surface area (Å²) in [7, 11) is 0. The number of piperidine rings is 1. The third-order valence-corrected chi connectivity index (χ3v) is 5.92. The maximum Gasteiger partial charge on any atom is 0.248 e. The fraction of sp³-hybridized carbons (Fsp3) is 0.333. The molecule has 0 bridgehead atoms. The number of aromatic nitrogens is 1. The first-order chi connectivity index (χ1) is 12.8. The summed E-state index contributed by atoms with van der Waals surface area (Å²) in [6.45, 7) is 2.14. The Balaban J connectivity index is 1.24. The van der Waals surface area contributed by atoms with Crippen LogP contribution >= 0.6 is 11.3 Å². The van der Waals surface area contributed by atoms with E-state index in [2.05, 4.69) is 35.3 Å². The Morgan fingerprint density at radius 1 is 1.08 bits per heavy atom. The zero-order valence-corrected chi connectivity index (χ0v) is 15.5. The van der Waals surface area contributed by atoms with Crippen molar-refractivity contribution in [2.45, 2.75) is 25.4 Å². The van der Waals surface area contributed by atoms with Crippen molar-refractivity contribution in [3.05, 3.63) is 65.2 Å². The van der Waals surface area contributed by atoms with Crippen LogP contribution in [0.4, 0.5) is 0 Å². The number of thiazole rings is 1. The van der Waals surface area contributed by atoms with Crippen molar-refractivity contribution in [1.82, 2.24) is 9.88 Å². The molecule has 2 heterocycles. The number of amides is 1. The van der Waals surface area contributed by atoms with E-state index >= 15 is 0 Å². The van der Waals surface area contributed by atoms with Crippen LogP contribution in [0, 0.1) is 0 Å². The predicted molar refractivity (Wildman–Crippen MR) is 104 cm³/mol. The van der Waals surface area contributed by atoms with E-state index in [1.165, 1.54) is 5.56 Å². The van der Waals surface area contributed by atoms with Gasteiger partial charge in [0.05, 0.1) is 16.8 Å². The molecule has 1 aliphatic rings. The molecule has 1 aliphatic heterocycles. The van der Waals surface area contributed by atoms with Crippen molar-refractivity contribution in [3.8, 4) is 0 Å². The topological polar surface area (TPSA) is 42.4 Å². The molecule has 0 atom stereocenters. The van der Waals surface area contributed by atoms with E-state index in [0.29, 0.717) is 12.5 Å². The number of hydrogen-bond donors (Lipinski definition) is 0. The lowest BCUT2D eigenvalue weighted by Gasteiger charge is -2.32. The molecule has 2 aromatic carbocycles. The lowest BCUT2D eigenvalue weighted by atomic mass is 9.89. The van der Waals surface area contributed by atoms with Gasteiger partial charge in [-0.3, -0.25) is 4.79 Å². The van der Waals surface area contributed by atoms with E-state index in [-0.39, 0.29) is 12.5 Å². The third-order valence-electron chi connectivity index (χ3n) is 4.91. The summed E-state index contributed by atoms with van der Waals surface area (Å²) in [6.07, 6.45) is 2.04. The van der Waals surface area contributed by atoms with Crippen LogP contribution < -0.4 is 0 Å². The summed E-state index contributed by atoms with van der Waals surface area (Å²) < 4.78 is 6.79. The van der Waals surface area contributed by atoms with E-state index in [1.807, 2.05) is 29.2 Å². The molecule has 4 rings (SSSR count). The minimum atomic E-state index is 0.0811. The van der Waals surface area contributed by atoms with Gasteiger partial charge in [0.25, 0.3) is 0 Å². The van der Waals surface area contributed by atoms with Crippen LogP contribution in [0.2, 0.25) is 0 Å². The highest BCUT2D eigenvalue weighted by atomic mass is 32.1. The van der Waals surface area contributed by atoms with Crippen molar-refractivity contribution in [2.75, 3.05) is 19.7 Å². The molecule has 3 aromatic rings. The molecule has 1 aromatic heterocycles. The smallest absolute Gasteiger partial charge is 0.248 e. The first-order valence-corrected chi connectivity index (χ1v) is 9.86. The summed E-state index contributed by atoms with van der Waals surface area (Å²) in [6, 6.07) is 18.6. The van der Waals surface area contributed by atoms with Crippen LogP contribution in [0.15, 0.2) is 54.6 Å². The molecular weight excluding hydrogens is 344 g/mol. The van der Waals surface area contributed by atoms with Crippen molar-refractivity contribution >= 4 is 27.5 Å². The predicted octanol–water partition coefficient (Wildman–Crippen LogP) is 4.22. The number of hydrogen-bond acceptors (Lipinski definition) is 4. The zero-order valence-electron chi connectivity index (χ0n) is 14.6. The number of fused-ring (bicyclic) bond motifs is 1. The fourth-order valence-corrected chi connectivity index (χ4v) is 4.39. The second-order valence-electron chi connectivity index (χ2n) is 6.63. The second-order valence-corrected chi connectivity index (χ2v) is 7.75. The summed E-state index contributed by atoms with van der Waals surface area (Å²) in [5.74, 6) is 0.640. The number of nitrogens with zero attached hydrogens (tertiary/aromatic N) is 2. The van der Waals surface area contributed by atoms with Gasteiger partial charge in [-0.15, -0.1) is 11.3 Å². The van der Waals surface area contributed by atoms with Crippen LogP contribution in [-0.4, -0.2) is 35.5 Å². The van der Waals surface area contributed by atoms with Gasteiger partial charge in [-0.05, 0) is 36.5 Å². The SMILES string of the molecule is O=C(COCc1nc2ccccc2s1)N1CCC(c2ccccc2)CC1. The van der Waals surface area contributed by atoms with Crippen LogP contribution in [0.1, 0.15) is 29.3 Å². The van der Waals surface area contributed by atoms with E-state index in [4.69, 9.17) is 4.74 Å². The van der Waals surface area contributed by atoms with Gasteiger partial charge in [-0.25, -0.2) is 4.98 Å².